The first kappa shape index (κ1) is 22.9. The van der Waals surface area contributed by atoms with Crippen LogP contribution < -0.4 is 10.6 Å². The first-order chi connectivity index (χ1) is 13.2. The lowest BCUT2D eigenvalue weighted by atomic mass is 10.1. The maximum absolute atomic E-state index is 6.05. The molecule has 2 N–H and O–H groups in total. The molecule has 2 heterocycles. The number of methoxy groups -OCH3 is 1. The van der Waals surface area contributed by atoms with Crippen LogP contribution in [-0.4, -0.2) is 47.0 Å². The zero-order valence-electron chi connectivity index (χ0n) is 16.3. The van der Waals surface area contributed by atoms with Crippen molar-refractivity contribution in [3.63, 3.8) is 0 Å². The number of aromatic nitrogens is 3. The van der Waals surface area contributed by atoms with Gasteiger partial charge in [0.15, 0.2) is 11.8 Å². The van der Waals surface area contributed by atoms with Crippen molar-refractivity contribution in [1.82, 2.24) is 25.4 Å². The van der Waals surface area contributed by atoms with Gasteiger partial charge in [-0.2, -0.15) is 5.10 Å². The van der Waals surface area contributed by atoms with Crippen molar-refractivity contribution in [1.29, 1.82) is 0 Å². The summed E-state index contributed by atoms with van der Waals surface area (Å²) in [4.78, 5) is 9.23. The number of halogens is 2. The molecular weight excluding hydrogens is 491 g/mol. The van der Waals surface area contributed by atoms with Crippen LogP contribution in [0, 0.1) is 0 Å². The van der Waals surface area contributed by atoms with Gasteiger partial charge in [0.2, 0.25) is 0 Å². The topological polar surface area (TPSA) is 76.4 Å². The summed E-state index contributed by atoms with van der Waals surface area (Å²) < 4.78 is 7.10. The summed E-state index contributed by atoms with van der Waals surface area (Å²) in [6, 6.07) is 8.20. The third kappa shape index (κ3) is 6.59. The first-order valence-corrected chi connectivity index (χ1v) is 9.76. The lowest BCUT2D eigenvalue weighted by Crippen LogP contribution is -2.47. The lowest BCUT2D eigenvalue weighted by Gasteiger charge is -2.25. The molecule has 1 aromatic carbocycles. The molecule has 0 fully saturated rings. The van der Waals surface area contributed by atoms with E-state index in [1.165, 1.54) is 5.56 Å². The Bertz CT molecular complexity index is 782. The van der Waals surface area contributed by atoms with Crippen LogP contribution in [0.25, 0.3) is 0 Å². The fraction of sp³-hybridized carbons (Fsp3) is 0.526. The van der Waals surface area contributed by atoms with Gasteiger partial charge in [-0.3, -0.25) is 4.99 Å². The predicted molar refractivity (Wildman–Crippen MR) is 123 cm³/mol. The predicted octanol–water partition coefficient (Wildman–Crippen LogP) is 2.81. The largest absolute Gasteiger partial charge is 0.377 e. The van der Waals surface area contributed by atoms with E-state index in [0.29, 0.717) is 13.2 Å². The molecule has 9 heteroatoms. The van der Waals surface area contributed by atoms with Crippen molar-refractivity contribution in [2.45, 2.75) is 45.4 Å². The van der Waals surface area contributed by atoms with Crippen molar-refractivity contribution in [3.05, 3.63) is 46.5 Å². The van der Waals surface area contributed by atoms with Gasteiger partial charge in [0, 0.05) is 37.7 Å². The normalized spacial score (nSPS) is 16.2. The second kappa shape index (κ2) is 11.6. The van der Waals surface area contributed by atoms with E-state index in [1.807, 2.05) is 22.9 Å². The van der Waals surface area contributed by atoms with Crippen LogP contribution in [0.1, 0.15) is 30.6 Å². The van der Waals surface area contributed by atoms with Crippen molar-refractivity contribution in [3.8, 4) is 0 Å². The summed E-state index contributed by atoms with van der Waals surface area (Å²) in [5, 5.41) is 12.1. The highest BCUT2D eigenvalue weighted by atomic mass is 127. The molecule has 1 aliphatic heterocycles. The molecule has 0 saturated carbocycles. The second-order valence-electron chi connectivity index (χ2n) is 6.58. The summed E-state index contributed by atoms with van der Waals surface area (Å²) in [5.41, 5.74) is 1.19. The number of ether oxygens (including phenoxy) is 1. The van der Waals surface area contributed by atoms with Crippen molar-refractivity contribution in [2.75, 3.05) is 20.2 Å². The standard InChI is InChI=1S/C19H27ClN6O.HI/c1-3-21-19(22-10-9-14-5-4-6-15(20)11-14)23-16-7-8-18-24-17(13-27-2)25-26(18)12-16;/h4-6,11,16H,3,7-10,12-13H2,1-2H3,(H2,21,22,23);1H. The van der Waals surface area contributed by atoms with Gasteiger partial charge in [0.25, 0.3) is 0 Å². The smallest absolute Gasteiger partial charge is 0.191 e. The molecule has 0 amide bonds. The molecule has 1 aliphatic rings. The summed E-state index contributed by atoms with van der Waals surface area (Å²) in [7, 11) is 1.66. The van der Waals surface area contributed by atoms with Crippen LogP contribution >= 0.6 is 35.6 Å². The lowest BCUT2D eigenvalue weighted by molar-refractivity contribution is 0.177. The Labute approximate surface area is 188 Å². The quantitative estimate of drug-likeness (QED) is 0.335. The minimum absolute atomic E-state index is 0. The molecule has 0 radical (unpaired) electrons. The van der Waals surface area contributed by atoms with Gasteiger partial charge in [0.1, 0.15) is 12.4 Å². The van der Waals surface area contributed by atoms with E-state index in [4.69, 9.17) is 21.3 Å². The zero-order valence-corrected chi connectivity index (χ0v) is 19.4. The number of nitrogens with zero attached hydrogens (tertiary/aromatic N) is 4. The van der Waals surface area contributed by atoms with Gasteiger partial charge in [-0.1, -0.05) is 23.7 Å². The van der Waals surface area contributed by atoms with Crippen LogP contribution in [0.15, 0.2) is 29.3 Å². The number of guanidine groups is 1. The Kier molecular flexibility index (Phi) is 9.46. The Morgan fingerprint density at radius 3 is 3.04 bits per heavy atom. The molecule has 28 heavy (non-hydrogen) atoms. The molecule has 0 bridgehead atoms. The molecule has 0 saturated heterocycles. The Hall–Kier alpha value is -1.39. The van der Waals surface area contributed by atoms with E-state index in [2.05, 4.69) is 33.7 Å². The molecule has 0 spiro atoms. The van der Waals surface area contributed by atoms with Crippen molar-refractivity contribution >= 4 is 41.5 Å². The molecule has 154 valence electrons. The SMILES string of the molecule is CCNC(=NCCc1cccc(Cl)c1)NC1CCc2nc(COC)nn2C1.I. The maximum atomic E-state index is 6.05. The van der Waals surface area contributed by atoms with E-state index in [-0.39, 0.29) is 30.0 Å². The molecule has 7 nitrogen and oxygen atoms in total. The van der Waals surface area contributed by atoms with E-state index in [9.17, 15) is 0 Å². The fourth-order valence-corrected chi connectivity index (χ4v) is 3.38. The number of fused-ring (bicyclic) bond motifs is 1. The van der Waals surface area contributed by atoms with E-state index < -0.39 is 0 Å². The highest BCUT2D eigenvalue weighted by Crippen LogP contribution is 2.14. The van der Waals surface area contributed by atoms with E-state index in [1.54, 1.807) is 7.11 Å². The van der Waals surface area contributed by atoms with E-state index in [0.717, 1.165) is 55.0 Å². The third-order valence-corrected chi connectivity index (χ3v) is 4.65. The molecule has 3 rings (SSSR count). The Morgan fingerprint density at radius 1 is 1.43 bits per heavy atom. The molecule has 2 aromatic rings. The van der Waals surface area contributed by atoms with Crippen LogP contribution in [0.2, 0.25) is 5.02 Å². The zero-order chi connectivity index (χ0) is 19.1. The summed E-state index contributed by atoms with van der Waals surface area (Å²) in [5.74, 6) is 2.61. The summed E-state index contributed by atoms with van der Waals surface area (Å²) in [6.07, 6.45) is 2.76. The van der Waals surface area contributed by atoms with Gasteiger partial charge < -0.3 is 15.4 Å². The number of aliphatic imine (C=N–C) groups is 1. The molecule has 1 aromatic heterocycles. The van der Waals surface area contributed by atoms with Crippen LogP contribution in [0.4, 0.5) is 0 Å². The maximum Gasteiger partial charge on any atom is 0.191 e. The molecule has 0 aliphatic carbocycles. The van der Waals surface area contributed by atoms with Gasteiger partial charge >= 0.3 is 0 Å². The van der Waals surface area contributed by atoms with Crippen molar-refractivity contribution in [2.24, 2.45) is 4.99 Å². The number of rotatable bonds is 7. The minimum atomic E-state index is 0. The molecule has 1 unspecified atom stereocenters. The Balaban J connectivity index is 0.00000280. The highest BCUT2D eigenvalue weighted by Gasteiger charge is 2.22. The Morgan fingerprint density at radius 2 is 2.29 bits per heavy atom. The summed E-state index contributed by atoms with van der Waals surface area (Å²) in [6.45, 7) is 4.83. The van der Waals surface area contributed by atoms with Crippen molar-refractivity contribution < 1.29 is 4.74 Å². The van der Waals surface area contributed by atoms with Gasteiger partial charge in [0.05, 0.1) is 6.54 Å². The van der Waals surface area contributed by atoms with Gasteiger partial charge in [-0.15, -0.1) is 24.0 Å². The van der Waals surface area contributed by atoms with Gasteiger partial charge in [-0.25, -0.2) is 9.67 Å². The highest BCUT2D eigenvalue weighted by molar-refractivity contribution is 14.0. The average molecular weight is 519 g/mol. The van der Waals surface area contributed by atoms with Crippen LogP contribution in [0.5, 0.6) is 0 Å². The third-order valence-electron chi connectivity index (χ3n) is 4.42. The number of hydrogen-bond donors (Lipinski definition) is 2. The molecular formula is C19H28ClIN6O. The number of nitrogens with one attached hydrogen (secondary N) is 2. The van der Waals surface area contributed by atoms with Crippen LogP contribution in [0.3, 0.4) is 0 Å². The minimum Gasteiger partial charge on any atom is -0.377 e. The number of aryl methyl sites for hydroxylation is 1. The fourth-order valence-electron chi connectivity index (χ4n) is 3.17. The average Bonchev–Trinajstić information content (AvgIpc) is 3.04. The monoisotopic (exact) mass is 518 g/mol. The van der Waals surface area contributed by atoms with Crippen LogP contribution in [-0.2, 0) is 30.7 Å². The summed E-state index contributed by atoms with van der Waals surface area (Å²) >= 11 is 6.05. The van der Waals surface area contributed by atoms with E-state index >= 15 is 0 Å². The molecule has 1 atom stereocenters. The van der Waals surface area contributed by atoms with Gasteiger partial charge in [-0.05, 0) is 37.5 Å². The second-order valence-corrected chi connectivity index (χ2v) is 7.02. The number of hydrogen-bond acceptors (Lipinski definition) is 4. The first-order valence-electron chi connectivity index (χ1n) is 9.38. The number of benzene rings is 1.